The van der Waals surface area contributed by atoms with Gasteiger partial charge in [0.1, 0.15) is 5.76 Å². The number of H-pyrrole nitrogens is 2. The first-order valence-corrected chi connectivity index (χ1v) is 49.4. The van der Waals surface area contributed by atoms with Gasteiger partial charge < -0.3 is 47.0 Å². The van der Waals surface area contributed by atoms with Crippen LogP contribution in [0.3, 0.4) is 0 Å². The van der Waals surface area contributed by atoms with Gasteiger partial charge in [-0.15, -0.1) is 92.2 Å². The molecule has 11 nitrogen and oxygen atoms in total. The number of pyridine rings is 1. The lowest BCUT2D eigenvalue weighted by atomic mass is 9.86. The van der Waals surface area contributed by atoms with Crippen LogP contribution in [-0.2, 0) is 34.6 Å². The van der Waals surface area contributed by atoms with Crippen molar-refractivity contribution in [3.63, 3.8) is 0 Å². The van der Waals surface area contributed by atoms with Crippen LogP contribution >= 0.6 is 102 Å². The van der Waals surface area contributed by atoms with Crippen LogP contribution in [0.4, 0.5) is 61.5 Å². The van der Waals surface area contributed by atoms with Crippen LogP contribution in [0.5, 0.6) is 0 Å². The van der Waals surface area contributed by atoms with E-state index in [4.69, 9.17) is 45.4 Å². The third-order valence-corrected chi connectivity index (χ3v) is 30.9. The third-order valence-electron chi connectivity index (χ3n) is 22.4. The number of furan rings is 1. The number of nitrogens with one attached hydrogen (secondary N) is 2. The molecular formula is C98H92B2F14N4O7S9. The monoisotopic (exact) mass is 2010 g/mol. The van der Waals surface area contributed by atoms with E-state index in [0.717, 1.165) is 69.9 Å². The zero-order valence-electron chi connectivity index (χ0n) is 74.2. The van der Waals surface area contributed by atoms with E-state index in [1.54, 1.807) is 97.4 Å². The van der Waals surface area contributed by atoms with Crippen molar-refractivity contribution in [3.8, 4) is 78.3 Å². The fourth-order valence-corrected chi connectivity index (χ4v) is 21.2. The predicted molar refractivity (Wildman–Crippen MR) is 522 cm³/mol. The second-order valence-electron chi connectivity index (χ2n) is 32.5. The molecule has 17 heterocycles. The molecule has 3 fully saturated rings. The lowest BCUT2D eigenvalue weighted by Gasteiger charge is -2.32. The molecule has 14 aromatic rings. The van der Waals surface area contributed by atoms with Crippen molar-refractivity contribution >= 4 is 149 Å². The first kappa shape index (κ1) is 103. The maximum Gasteiger partial charge on any atom is 0.505 e. The lowest BCUT2D eigenvalue weighted by Crippen LogP contribution is -2.48. The van der Waals surface area contributed by atoms with Crippen LogP contribution in [0.2, 0.25) is 0 Å². The number of aromatic amines is 2. The molecule has 0 amide bonds. The van der Waals surface area contributed by atoms with Gasteiger partial charge in [-0.25, -0.2) is 8.78 Å². The molecule has 36 heteroatoms. The van der Waals surface area contributed by atoms with Crippen LogP contribution in [0.1, 0.15) is 134 Å². The predicted octanol–water partition coefficient (Wildman–Crippen LogP) is 30.5. The van der Waals surface area contributed by atoms with Crippen molar-refractivity contribution in [3.05, 3.63) is 285 Å². The van der Waals surface area contributed by atoms with Crippen molar-refractivity contribution in [2.75, 3.05) is 13.2 Å². The highest BCUT2D eigenvalue weighted by Gasteiger charge is 2.82. The minimum Gasteiger partial charge on any atom is -0.464 e. The maximum atomic E-state index is 13.5. The average molecular weight is 2010 g/mol. The number of alkyl halides is 12. The van der Waals surface area contributed by atoms with Crippen LogP contribution in [0, 0.1) is 45.5 Å². The summed E-state index contributed by atoms with van der Waals surface area (Å²) in [4.78, 5) is 17.6. The summed E-state index contributed by atoms with van der Waals surface area (Å²) in [7, 11) is -0.664. The standard InChI is InChI=1S/C16H26B2O4S.C12H9NOS.C11H7F7S.C11H9NS.C11H7NS.C10H5F7S.C10H12S.C9H10O2S.C8H7NS/c1-13(2)14(3,4)20-17(19-13)11-9-10-12(23-11)18-21-15(5,6)16(7,8)22-18;1-3-10(14-7-1)9-5-6-13-12(9)11-4-2-8-15-11;1-4-3-6(5(2)19-4)7-8(12)10(15,16)11(17,18)9(7,13)14;1-2-7-12-8-3-5-10(12)11-6-4-9-13-11;1-2-9-6-7-11(13-9)10-5-3-4-8-12-10;1-4-2-3-18-6(4)5-7(11)9(14,15)10(16,17)8(5,12)13;1-2-4-9(5-3-1)10-6-7-11-8-10;1-2-8-7(3-6-12-8)9-10-4-5-11-9;1-3-7(9-5-1)8-4-2-6-10-8/h9-10H,1-8H3;1-8,13H;3H,1-2H3;1,3-6,8-9H,7H2;1,3-8H;2-3H,1H3;4,6-8H,1-3,5H2;2-3,6,9H,1,4-5H2;1-6,9H. The minimum absolute atomic E-state index is 0.0401. The summed E-state index contributed by atoms with van der Waals surface area (Å²) < 4.78 is 229. The molecule has 704 valence electrons. The second kappa shape index (κ2) is 43.5. The van der Waals surface area contributed by atoms with E-state index in [2.05, 4.69) is 169 Å². The van der Waals surface area contributed by atoms with E-state index in [1.807, 2.05) is 121 Å². The quantitative estimate of drug-likeness (QED) is 0.0666. The first-order chi connectivity index (χ1) is 63.4. The Morgan fingerprint density at radius 2 is 1.17 bits per heavy atom. The number of aromatic nitrogens is 4. The fourth-order valence-electron chi connectivity index (χ4n) is 13.8. The molecule has 3 saturated heterocycles. The number of halogens is 14. The number of allylic oxidation sites excluding steroid dienone is 6. The normalized spacial score (nSPS) is 18.4. The van der Waals surface area contributed by atoms with E-state index in [0.29, 0.717) is 36.0 Å². The van der Waals surface area contributed by atoms with Gasteiger partial charge in [0, 0.05) is 70.5 Å². The number of ether oxygens (including phenoxy) is 2. The molecule has 3 aliphatic carbocycles. The Labute approximate surface area is 805 Å². The number of nitrogens with zero attached hydrogens (tertiary/aromatic N) is 2. The summed E-state index contributed by atoms with van der Waals surface area (Å²) >= 11 is 13.3. The molecule has 3 aliphatic heterocycles. The SMILES string of the molecule is C#CCn1cccc1-c1cccs1.C#Cc1ccc(-c2ccccn2)s1.C1=C(c2ccsc2)CCCC1.C=Cc1sccc1C1OCCO1.CC1(C)OB(c2ccc(B3OC(C)(C)C(C)(C)O3)s2)OC1(C)C.Cc1cc(C2=C(F)C(F)(F)C(F)(F)C2(F)F)c(C)s1.Cc1ccsc1C1=C(F)C(F)(F)C(F)(F)C1(F)F.c1c[nH]c(-c2cccs2)c1.c1coc(-c2cc[nH]c2-c2cccs2)c1. The van der Waals surface area contributed by atoms with Gasteiger partial charge in [0.05, 0.1) is 107 Å². The van der Waals surface area contributed by atoms with Gasteiger partial charge >= 0.3 is 49.8 Å². The summed E-state index contributed by atoms with van der Waals surface area (Å²) in [5.41, 5.74) is 4.06. The van der Waals surface area contributed by atoms with Crippen LogP contribution in [-0.4, -0.2) is 105 Å². The fraction of sp³-hybridized carbons (Fsp3) is 0.296. The molecule has 134 heavy (non-hydrogen) atoms. The molecule has 0 radical (unpaired) electrons. The Kier molecular flexibility index (Phi) is 33.6. The summed E-state index contributed by atoms with van der Waals surface area (Å²) in [5.74, 6) is -32.4. The third kappa shape index (κ3) is 22.7. The van der Waals surface area contributed by atoms with Gasteiger partial charge in [0.2, 0.25) is 0 Å². The molecule has 14 aromatic heterocycles. The Morgan fingerprint density at radius 1 is 0.560 bits per heavy atom. The Bertz CT molecular complexity index is 6150. The van der Waals surface area contributed by atoms with E-state index in [1.165, 1.54) is 89.5 Å². The maximum absolute atomic E-state index is 13.5. The van der Waals surface area contributed by atoms with Crippen LogP contribution in [0.15, 0.2) is 243 Å². The van der Waals surface area contributed by atoms with Gasteiger partial charge in [-0.05, 0) is 265 Å². The van der Waals surface area contributed by atoms with Gasteiger partial charge in [-0.3, -0.25) is 4.98 Å². The molecule has 0 bridgehead atoms. The second-order valence-corrected chi connectivity index (χ2v) is 41.7. The van der Waals surface area contributed by atoms with Crippen molar-refractivity contribution < 1.29 is 94.0 Å². The molecule has 6 aliphatic rings. The van der Waals surface area contributed by atoms with Crippen molar-refractivity contribution in [1.29, 1.82) is 0 Å². The molecule has 0 aromatic carbocycles. The number of terminal acetylenes is 2. The average Bonchev–Trinajstić information content (AvgIpc) is 1.54. The molecular weight excluding hydrogens is 1920 g/mol. The smallest absolute Gasteiger partial charge is 0.464 e. The van der Waals surface area contributed by atoms with Gasteiger partial charge in [0.25, 0.3) is 0 Å². The van der Waals surface area contributed by atoms with Crippen molar-refractivity contribution in [1.82, 2.24) is 19.5 Å². The summed E-state index contributed by atoms with van der Waals surface area (Å²) in [6.07, 6.45) is 29.3. The van der Waals surface area contributed by atoms with E-state index >= 15 is 0 Å². The van der Waals surface area contributed by atoms with E-state index in [9.17, 15) is 61.5 Å². The zero-order valence-corrected chi connectivity index (χ0v) is 81.5. The first-order valence-electron chi connectivity index (χ1n) is 41.6. The molecule has 0 spiro atoms. The van der Waals surface area contributed by atoms with Crippen molar-refractivity contribution in [2.24, 2.45) is 0 Å². The molecule has 20 rings (SSSR count). The number of hydrogen-bond acceptors (Lipinski definition) is 17. The number of rotatable bonds is 13. The van der Waals surface area contributed by atoms with Gasteiger partial charge in [0.15, 0.2) is 17.9 Å². The van der Waals surface area contributed by atoms with Crippen LogP contribution in [0.25, 0.3) is 76.4 Å². The van der Waals surface area contributed by atoms with Gasteiger partial charge in [-0.2, -0.15) is 75.4 Å². The summed E-state index contributed by atoms with van der Waals surface area (Å²) in [5, 5.41) is 13.9. The number of thiophene rings is 9. The van der Waals surface area contributed by atoms with E-state index in [-0.39, 0.29) is 53.4 Å². The van der Waals surface area contributed by atoms with Crippen LogP contribution < -0.4 is 9.55 Å². The highest BCUT2D eigenvalue weighted by atomic mass is 32.1. The molecule has 0 atom stereocenters. The Morgan fingerprint density at radius 3 is 1.65 bits per heavy atom. The number of hydrogen-bond donors (Lipinski definition) is 2. The van der Waals surface area contributed by atoms with E-state index < -0.39 is 68.8 Å². The Hall–Kier alpha value is -9.44. The number of aryl methyl sites for hydroxylation is 3. The topological polar surface area (TPSA) is 118 Å². The largest absolute Gasteiger partial charge is 0.505 e. The molecule has 2 N–H and O–H groups in total. The highest BCUT2D eigenvalue weighted by Crippen LogP contribution is 2.65. The summed E-state index contributed by atoms with van der Waals surface area (Å²) in [6, 6.07) is 47.0. The molecule has 0 unspecified atom stereocenters. The Balaban J connectivity index is 0.000000137. The highest BCUT2D eigenvalue weighted by molar-refractivity contribution is 7.30. The molecule has 0 saturated carbocycles. The van der Waals surface area contributed by atoms with Crippen molar-refractivity contribution in [2.45, 2.75) is 173 Å². The minimum atomic E-state index is -5.78. The summed E-state index contributed by atoms with van der Waals surface area (Å²) in [6.45, 7) is 26.3. The van der Waals surface area contributed by atoms with Gasteiger partial charge in [-0.1, -0.05) is 67.0 Å². The lowest BCUT2D eigenvalue weighted by molar-refractivity contribution is -0.263. The zero-order chi connectivity index (χ0) is 97.0.